The molecule has 0 radical (unpaired) electrons. The highest BCUT2D eigenvalue weighted by Gasteiger charge is 2.28. The van der Waals surface area contributed by atoms with E-state index in [1.54, 1.807) is 12.1 Å². The Kier molecular flexibility index (Phi) is 4.90. The second kappa shape index (κ2) is 6.23. The van der Waals surface area contributed by atoms with Gasteiger partial charge in [0.1, 0.15) is 6.61 Å². The molecular weight excluding hydrogens is 260 g/mol. The summed E-state index contributed by atoms with van der Waals surface area (Å²) in [5, 5.41) is 2.76. The third-order valence-electron chi connectivity index (χ3n) is 2.80. The summed E-state index contributed by atoms with van der Waals surface area (Å²) in [4.78, 5) is 26.8. The molecule has 0 spiro atoms. The average Bonchev–Trinajstić information content (AvgIpc) is 2.33. The number of primary amides is 1. The van der Waals surface area contributed by atoms with Crippen molar-refractivity contribution < 1.29 is 14.3 Å². The normalized spacial score (nSPS) is 12.6. The van der Waals surface area contributed by atoms with Gasteiger partial charge in [-0.25, -0.2) is 9.78 Å². The molecule has 0 aliphatic rings. The Balaban J connectivity index is 2.82. The zero-order chi connectivity index (χ0) is 15.3. The second-order valence-electron chi connectivity index (χ2n) is 5.46. The van der Waals surface area contributed by atoms with Crippen molar-refractivity contribution in [3.8, 4) is 0 Å². The first-order valence-electron chi connectivity index (χ1n) is 6.15. The summed E-state index contributed by atoms with van der Waals surface area (Å²) in [7, 11) is 0. The topological polar surface area (TPSA) is 120 Å². The van der Waals surface area contributed by atoms with Crippen molar-refractivity contribution in [2.24, 2.45) is 11.1 Å². The second-order valence-corrected chi connectivity index (χ2v) is 5.46. The average molecular weight is 280 g/mol. The Labute approximate surface area is 117 Å². The van der Waals surface area contributed by atoms with E-state index in [0.717, 1.165) is 0 Å². The highest BCUT2D eigenvalue weighted by atomic mass is 16.5. The molecule has 0 fully saturated rings. The maximum Gasteiger partial charge on any atom is 0.404 e. The molecule has 20 heavy (non-hydrogen) atoms. The predicted molar refractivity (Wildman–Crippen MR) is 74.9 cm³/mol. The van der Waals surface area contributed by atoms with E-state index in [-0.39, 0.29) is 23.4 Å². The molecule has 1 aromatic heterocycles. The van der Waals surface area contributed by atoms with Crippen LogP contribution in [0.3, 0.4) is 0 Å². The van der Waals surface area contributed by atoms with E-state index in [1.165, 1.54) is 6.20 Å². The molecular formula is C13H20N4O3. The van der Waals surface area contributed by atoms with Crippen LogP contribution in [0.5, 0.6) is 0 Å². The van der Waals surface area contributed by atoms with Gasteiger partial charge in [0.05, 0.1) is 11.7 Å². The van der Waals surface area contributed by atoms with Gasteiger partial charge in [0, 0.05) is 6.20 Å². The van der Waals surface area contributed by atoms with Crippen molar-refractivity contribution in [1.82, 2.24) is 10.3 Å². The fourth-order valence-corrected chi connectivity index (χ4v) is 1.51. The first-order chi connectivity index (χ1) is 9.21. The van der Waals surface area contributed by atoms with E-state index in [1.807, 2.05) is 20.8 Å². The number of ether oxygens (including phenoxy) is 1. The van der Waals surface area contributed by atoms with Gasteiger partial charge < -0.3 is 21.5 Å². The standard InChI is InChI=1S/C13H20N4O3/c1-13(2,3)9(7-20-12(15)19)17-11(18)10-8(14)5-4-6-16-10/h4-6,9H,7,14H2,1-3H3,(H2,15,19)(H,17,18). The minimum atomic E-state index is -0.883. The number of carbonyl (C=O) groups excluding carboxylic acids is 2. The van der Waals surface area contributed by atoms with Crippen molar-refractivity contribution in [3.05, 3.63) is 24.0 Å². The fourth-order valence-electron chi connectivity index (χ4n) is 1.51. The van der Waals surface area contributed by atoms with Crippen LogP contribution in [0.15, 0.2) is 18.3 Å². The monoisotopic (exact) mass is 280 g/mol. The van der Waals surface area contributed by atoms with Gasteiger partial charge in [-0.2, -0.15) is 0 Å². The van der Waals surface area contributed by atoms with E-state index in [4.69, 9.17) is 16.2 Å². The van der Waals surface area contributed by atoms with Crippen LogP contribution < -0.4 is 16.8 Å². The number of nitrogen functional groups attached to an aromatic ring is 1. The Morgan fingerprint density at radius 1 is 1.45 bits per heavy atom. The number of nitrogens with two attached hydrogens (primary N) is 2. The number of hydrogen-bond acceptors (Lipinski definition) is 5. The van der Waals surface area contributed by atoms with E-state index < -0.39 is 18.0 Å². The van der Waals surface area contributed by atoms with E-state index >= 15 is 0 Å². The maximum absolute atomic E-state index is 12.1. The third-order valence-corrected chi connectivity index (χ3v) is 2.80. The van der Waals surface area contributed by atoms with Crippen LogP contribution in [0.4, 0.5) is 10.5 Å². The number of aromatic nitrogens is 1. The zero-order valence-electron chi connectivity index (χ0n) is 11.8. The highest BCUT2D eigenvalue weighted by molar-refractivity contribution is 5.97. The van der Waals surface area contributed by atoms with Gasteiger partial charge in [0.15, 0.2) is 5.69 Å². The third kappa shape index (κ3) is 4.42. The van der Waals surface area contributed by atoms with Gasteiger partial charge >= 0.3 is 6.09 Å². The van der Waals surface area contributed by atoms with Crippen molar-refractivity contribution in [1.29, 1.82) is 0 Å². The van der Waals surface area contributed by atoms with Crippen LogP contribution in [0, 0.1) is 5.41 Å². The predicted octanol–water partition coefficient (Wildman–Crippen LogP) is 0.904. The molecule has 0 saturated carbocycles. The number of nitrogens with one attached hydrogen (secondary N) is 1. The quantitative estimate of drug-likeness (QED) is 0.756. The smallest absolute Gasteiger partial charge is 0.404 e. The van der Waals surface area contributed by atoms with Crippen molar-refractivity contribution in [3.63, 3.8) is 0 Å². The Morgan fingerprint density at radius 3 is 2.60 bits per heavy atom. The molecule has 7 heteroatoms. The number of amides is 2. The highest BCUT2D eigenvalue weighted by Crippen LogP contribution is 2.20. The molecule has 1 unspecified atom stereocenters. The van der Waals surface area contributed by atoms with Crippen LogP contribution in [0.1, 0.15) is 31.3 Å². The molecule has 0 aliphatic heterocycles. The number of hydrogen-bond donors (Lipinski definition) is 3. The Bertz CT molecular complexity index is 497. The largest absolute Gasteiger partial charge is 0.448 e. The van der Waals surface area contributed by atoms with E-state index in [2.05, 4.69) is 10.3 Å². The van der Waals surface area contributed by atoms with Crippen LogP contribution in [-0.2, 0) is 4.74 Å². The molecule has 1 rings (SSSR count). The molecule has 1 aromatic rings. The van der Waals surface area contributed by atoms with Gasteiger partial charge in [-0.1, -0.05) is 20.8 Å². The lowest BCUT2D eigenvalue weighted by Gasteiger charge is -2.30. The zero-order valence-corrected chi connectivity index (χ0v) is 11.8. The number of nitrogens with zero attached hydrogens (tertiary/aromatic N) is 1. The lowest BCUT2D eigenvalue weighted by molar-refractivity contribution is 0.0800. The van der Waals surface area contributed by atoms with Crippen molar-refractivity contribution in [2.45, 2.75) is 26.8 Å². The lowest BCUT2D eigenvalue weighted by atomic mass is 9.87. The Morgan fingerprint density at radius 2 is 2.10 bits per heavy atom. The van der Waals surface area contributed by atoms with Crippen LogP contribution in [0.2, 0.25) is 0 Å². The summed E-state index contributed by atoms with van der Waals surface area (Å²) >= 11 is 0. The summed E-state index contributed by atoms with van der Waals surface area (Å²) in [6.07, 6.45) is 0.600. The van der Waals surface area contributed by atoms with Gasteiger partial charge in [-0.3, -0.25) is 4.79 Å². The van der Waals surface area contributed by atoms with Crippen LogP contribution in [0.25, 0.3) is 0 Å². The molecule has 5 N–H and O–H groups in total. The summed E-state index contributed by atoms with van der Waals surface area (Å²) in [6.45, 7) is 5.70. The maximum atomic E-state index is 12.1. The molecule has 1 heterocycles. The van der Waals surface area contributed by atoms with Gasteiger partial charge in [-0.05, 0) is 17.5 Å². The SMILES string of the molecule is CC(C)(C)C(COC(N)=O)NC(=O)c1ncccc1N. The van der Waals surface area contributed by atoms with Gasteiger partial charge in [-0.15, -0.1) is 0 Å². The number of carbonyl (C=O) groups is 2. The van der Waals surface area contributed by atoms with Crippen molar-refractivity contribution >= 4 is 17.7 Å². The minimum absolute atomic E-state index is 0.0166. The summed E-state index contributed by atoms with van der Waals surface area (Å²) in [6, 6.07) is 2.82. The first-order valence-corrected chi connectivity index (χ1v) is 6.15. The van der Waals surface area contributed by atoms with Crippen LogP contribution in [-0.4, -0.2) is 29.6 Å². The fraction of sp³-hybridized carbons (Fsp3) is 0.462. The molecule has 7 nitrogen and oxygen atoms in total. The first kappa shape index (κ1) is 15.7. The van der Waals surface area contributed by atoms with Gasteiger partial charge in [0.25, 0.3) is 5.91 Å². The molecule has 1 atom stereocenters. The number of pyridine rings is 1. The summed E-state index contributed by atoms with van der Waals surface area (Å²) < 4.78 is 4.77. The summed E-state index contributed by atoms with van der Waals surface area (Å²) in [5.41, 5.74) is 10.7. The molecule has 0 aliphatic carbocycles. The minimum Gasteiger partial charge on any atom is -0.448 e. The van der Waals surface area contributed by atoms with Gasteiger partial charge in [0.2, 0.25) is 0 Å². The number of rotatable bonds is 4. The molecule has 110 valence electrons. The molecule has 0 saturated heterocycles. The van der Waals surface area contributed by atoms with Crippen LogP contribution >= 0.6 is 0 Å². The number of anilines is 1. The lowest BCUT2D eigenvalue weighted by Crippen LogP contribution is -2.47. The van der Waals surface area contributed by atoms with Crippen molar-refractivity contribution in [2.75, 3.05) is 12.3 Å². The Hall–Kier alpha value is -2.31. The molecule has 0 bridgehead atoms. The molecule has 2 amide bonds. The van der Waals surface area contributed by atoms with E-state index in [9.17, 15) is 9.59 Å². The van der Waals surface area contributed by atoms with E-state index in [0.29, 0.717) is 0 Å². The summed E-state index contributed by atoms with van der Waals surface area (Å²) in [5.74, 6) is -0.420. The molecule has 0 aromatic carbocycles.